The highest BCUT2D eigenvalue weighted by Crippen LogP contribution is 2.30. The third-order valence-corrected chi connectivity index (χ3v) is 2.58. The maximum atomic E-state index is 11.6. The van der Waals surface area contributed by atoms with Crippen molar-refractivity contribution in [3.8, 4) is 0 Å². The van der Waals surface area contributed by atoms with Gasteiger partial charge in [0.2, 0.25) is 0 Å². The van der Waals surface area contributed by atoms with E-state index in [1.54, 1.807) is 7.11 Å². The Bertz CT molecular complexity index is 234. The van der Waals surface area contributed by atoms with Gasteiger partial charge in [0.05, 0.1) is 6.10 Å². The first kappa shape index (κ1) is 7.95. The number of Topliss-reactive ketones (excluding diaryl/α,β-unsaturated/α-hetero) is 1. The molecule has 0 amide bonds. The number of hydrogen-bond acceptors (Lipinski definition) is 3. The van der Waals surface area contributed by atoms with Crippen molar-refractivity contribution >= 4 is 5.78 Å². The van der Waals surface area contributed by atoms with Gasteiger partial charge >= 0.3 is 0 Å². The molecule has 0 aliphatic carbocycles. The molecule has 2 aliphatic heterocycles. The van der Waals surface area contributed by atoms with Crippen molar-refractivity contribution in [2.75, 3.05) is 7.11 Å². The SMILES string of the molecule is CO[C@H]1C(=O)[C@@H](C)[C@H]2C=C[C@@H]1O2. The molecule has 2 rings (SSSR count). The van der Waals surface area contributed by atoms with Crippen molar-refractivity contribution in [3.05, 3.63) is 12.2 Å². The van der Waals surface area contributed by atoms with E-state index in [2.05, 4.69) is 0 Å². The van der Waals surface area contributed by atoms with Gasteiger partial charge in [0.25, 0.3) is 0 Å². The lowest BCUT2D eigenvalue weighted by Crippen LogP contribution is -2.47. The van der Waals surface area contributed by atoms with Crippen LogP contribution in [0.1, 0.15) is 6.92 Å². The number of carbonyl (C=O) groups excluding carboxylic acids is 1. The van der Waals surface area contributed by atoms with E-state index >= 15 is 0 Å². The zero-order valence-corrected chi connectivity index (χ0v) is 7.19. The van der Waals surface area contributed by atoms with Crippen molar-refractivity contribution in [2.24, 2.45) is 5.92 Å². The first-order valence-electron chi connectivity index (χ1n) is 4.14. The van der Waals surface area contributed by atoms with Crippen LogP contribution in [0.3, 0.4) is 0 Å². The molecule has 2 bridgehead atoms. The largest absolute Gasteiger partial charge is 0.371 e. The quantitative estimate of drug-likeness (QED) is 0.536. The van der Waals surface area contributed by atoms with Crippen LogP contribution in [0.2, 0.25) is 0 Å². The van der Waals surface area contributed by atoms with E-state index in [0.717, 1.165) is 0 Å². The summed E-state index contributed by atoms with van der Waals surface area (Å²) in [6.07, 6.45) is 3.31. The van der Waals surface area contributed by atoms with E-state index in [-0.39, 0.29) is 23.9 Å². The zero-order chi connectivity index (χ0) is 8.72. The molecule has 1 saturated heterocycles. The Kier molecular flexibility index (Phi) is 1.77. The summed E-state index contributed by atoms with van der Waals surface area (Å²) in [5.74, 6) is 0.0914. The second kappa shape index (κ2) is 2.68. The van der Waals surface area contributed by atoms with Gasteiger partial charge in [-0.25, -0.2) is 0 Å². The lowest BCUT2D eigenvalue weighted by molar-refractivity contribution is -0.156. The van der Waals surface area contributed by atoms with Crippen molar-refractivity contribution in [2.45, 2.75) is 25.2 Å². The van der Waals surface area contributed by atoms with E-state index in [9.17, 15) is 4.79 Å². The molecule has 2 heterocycles. The molecule has 12 heavy (non-hydrogen) atoms. The van der Waals surface area contributed by atoms with E-state index in [4.69, 9.17) is 9.47 Å². The summed E-state index contributed by atoms with van der Waals surface area (Å²) in [5.41, 5.74) is 0. The van der Waals surface area contributed by atoms with Crippen LogP contribution >= 0.6 is 0 Å². The summed E-state index contributed by atoms with van der Waals surface area (Å²) in [7, 11) is 1.55. The minimum atomic E-state index is -0.394. The molecule has 0 N–H and O–H groups in total. The van der Waals surface area contributed by atoms with Crippen LogP contribution in [0.5, 0.6) is 0 Å². The summed E-state index contributed by atoms with van der Waals surface area (Å²) in [6, 6.07) is 0. The Hall–Kier alpha value is -0.670. The van der Waals surface area contributed by atoms with Crippen molar-refractivity contribution in [1.29, 1.82) is 0 Å². The van der Waals surface area contributed by atoms with Crippen LogP contribution in [0.25, 0.3) is 0 Å². The average molecular weight is 168 g/mol. The smallest absolute Gasteiger partial charge is 0.170 e. The fourth-order valence-electron chi connectivity index (χ4n) is 1.78. The maximum absolute atomic E-state index is 11.6. The van der Waals surface area contributed by atoms with Gasteiger partial charge in [-0.2, -0.15) is 0 Å². The van der Waals surface area contributed by atoms with Crippen LogP contribution in [0, 0.1) is 5.92 Å². The molecular weight excluding hydrogens is 156 g/mol. The van der Waals surface area contributed by atoms with Gasteiger partial charge in [-0.3, -0.25) is 4.79 Å². The molecule has 1 fully saturated rings. The molecule has 0 unspecified atom stereocenters. The molecule has 3 nitrogen and oxygen atoms in total. The molecule has 0 aromatic heterocycles. The molecule has 66 valence electrons. The van der Waals surface area contributed by atoms with Crippen molar-refractivity contribution in [3.63, 3.8) is 0 Å². The maximum Gasteiger partial charge on any atom is 0.170 e. The van der Waals surface area contributed by atoms with E-state index in [1.807, 2.05) is 19.1 Å². The van der Waals surface area contributed by atoms with Gasteiger partial charge in [-0.05, 0) is 0 Å². The predicted molar refractivity (Wildman–Crippen MR) is 42.8 cm³/mol. The molecule has 0 spiro atoms. The monoisotopic (exact) mass is 168 g/mol. The minimum Gasteiger partial charge on any atom is -0.371 e. The summed E-state index contributed by atoms with van der Waals surface area (Å²) in [6.45, 7) is 1.88. The first-order valence-corrected chi connectivity index (χ1v) is 4.14. The predicted octanol–water partition coefficient (Wildman–Crippen LogP) is 0.544. The molecule has 0 aromatic rings. The van der Waals surface area contributed by atoms with Crippen LogP contribution < -0.4 is 0 Å². The molecule has 0 saturated carbocycles. The Morgan fingerprint density at radius 3 is 2.75 bits per heavy atom. The molecule has 3 heteroatoms. The van der Waals surface area contributed by atoms with E-state index in [0.29, 0.717) is 0 Å². The van der Waals surface area contributed by atoms with Gasteiger partial charge < -0.3 is 9.47 Å². The highest BCUT2D eigenvalue weighted by Gasteiger charge is 2.43. The fraction of sp³-hybridized carbons (Fsp3) is 0.667. The number of ketones is 1. The van der Waals surface area contributed by atoms with Crippen molar-refractivity contribution in [1.82, 2.24) is 0 Å². The summed E-state index contributed by atoms with van der Waals surface area (Å²) in [5, 5.41) is 0. The number of methoxy groups -OCH3 is 1. The van der Waals surface area contributed by atoms with Crippen molar-refractivity contribution < 1.29 is 14.3 Å². The van der Waals surface area contributed by atoms with E-state index in [1.165, 1.54) is 0 Å². The highest BCUT2D eigenvalue weighted by molar-refractivity contribution is 5.88. The molecular formula is C9H12O3. The highest BCUT2D eigenvalue weighted by atomic mass is 16.6. The second-order valence-corrected chi connectivity index (χ2v) is 3.30. The standard InChI is InChI=1S/C9H12O3/c1-5-6-3-4-7(12-6)9(11-2)8(5)10/h3-7,9H,1-2H3/t5-,6+,7-,9+/m0/s1. The minimum absolute atomic E-state index is 0.0195. The second-order valence-electron chi connectivity index (χ2n) is 3.30. The number of carbonyl (C=O) groups is 1. The first-order chi connectivity index (χ1) is 5.74. The third kappa shape index (κ3) is 0.934. The van der Waals surface area contributed by atoms with Crippen LogP contribution in [-0.4, -0.2) is 31.2 Å². The zero-order valence-electron chi connectivity index (χ0n) is 7.19. The number of ether oxygens (including phenoxy) is 2. The Balaban J connectivity index is 2.25. The molecule has 0 aromatic carbocycles. The Morgan fingerprint density at radius 2 is 2.08 bits per heavy atom. The normalized spacial score (nSPS) is 45.3. The lowest BCUT2D eigenvalue weighted by atomic mass is 9.94. The summed E-state index contributed by atoms with van der Waals surface area (Å²) in [4.78, 5) is 11.6. The summed E-state index contributed by atoms with van der Waals surface area (Å²) < 4.78 is 10.6. The van der Waals surface area contributed by atoms with Crippen LogP contribution in [0.4, 0.5) is 0 Å². The lowest BCUT2D eigenvalue weighted by Gasteiger charge is -2.31. The van der Waals surface area contributed by atoms with Gasteiger partial charge in [0.1, 0.15) is 12.2 Å². The fourth-order valence-corrected chi connectivity index (χ4v) is 1.78. The summed E-state index contributed by atoms with van der Waals surface area (Å²) >= 11 is 0. The molecule has 4 atom stereocenters. The topological polar surface area (TPSA) is 35.5 Å². The number of fused-ring (bicyclic) bond motifs is 2. The Labute approximate surface area is 71.3 Å². The van der Waals surface area contributed by atoms with Crippen LogP contribution in [-0.2, 0) is 14.3 Å². The molecule has 2 aliphatic rings. The van der Waals surface area contributed by atoms with Gasteiger partial charge in [-0.15, -0.1) is 0 Å². The average Bonchev–Trinajstić information content (AvgIpc) is 2.49. The van der Waals surface area contributed by atoms with Gasteiger partial charge in [-0.1, -0.05) is 19.1 Å². The van der Waals surface area contributed by atoms with Gasteiger partial charge in [0, 0.05) is 13.0 Å². The van der Waals surface area contributed by atoms with E-state index < -0.39 is 6.10 Å². The van der Waals surface area contributed by atoms with Gasteiger partial charge in [0.15, 0.2) is 5.78 Å². The van der Waals surface area contributed by atoms with Crippen LogP contribution in [0.15, 0.2) is 12.2 Å². The molecule has 0 radical (unpaired) electrons. The third-order valence-electron chi connectivity index (χ3n) is 2.58. The number of hydrogen-bond donors (Lipinski definition) is 0. The number of rotatable bonds is 1. The Morgan fingerprint density at radius 1 is 1.42 bits per heavy atom.